The molecule has 1 heterocycles. The molecule has 66 valence electrons. The number of rotatable bonds is 0. The average molecular weight is 190 g/mol. The summed E-state index contributed by atoms with van der Waals surface area (Å²) in [6.07, 6.45) is 0. The maximum atomic E-state index is 9.12. The van der Waals surface area contributed by atoms with Crippen molar-refractivity contribution in [2.24, 2.45) is 0 Å². The van der Waals surface area contributed by atoms with E-state index in [0.717, 1.165) is 0 Å². The SMILES string of the molecule is Cl.Nc1cc2c(cc1O)OCO2. The van der Waals surface area contributed by atoms with Crippen molar-refractivity contribution in [2.45, 2.75) is 0 Å². The number of phenolic OH excluding ortho intramolecular Hbond substituents is 1. The van der Waals surface area contributed by atoms with E-state index in [0.29, 0.717) is 17.2 Å². The molecule has 1 aliphatic rings. The van der Waals surface area contributed by atoms with Gasteiger partial charge in [0, 0.05) is 12.1 Å². The zero-order valence-electron chi connectivity index (χ0n) is 6.11. The molecule has 0 unspecified atom stereocenters. The van der Waals surface area contributed by atoms with Crippen LogP contribution in [0.2, 0.25) is 0 Å². The lowest BCUT2D eigenvalue weighted by molar-refractivity contribution is 0.174. The fourth-order valence-electron chi connectivity index (χ4n) is 0.947. The third-order valence-corrected chi connectivity index (χ3v) is 1.52. The summed E-state index contributed by atoms with van der Waals surface area (Å²) in [5.41, 5.74) is 5.71. The van der Waals surface area contributed by atoms with Crippen LogP contribution in [0.4, 0.5) is 5.69 Å². The molecule has 0 amide bonds. The average Bonchev–Trinajstić information content (AvgIpc) is 2.36. The van der Waals surface area contributed by atoms with E-state index in [1.165, 1.54) is 12.1 Å². The molecule has 0 aromatic heterocycles. The molecular formula is C7H8ClNO3. The van der Waals surface area contributed by atoms with Gasteiger partial charge in [-0.05, 0) is 0 Å². The Balaban J connectivity index is 0.000000720. The summed E-state index contributed by atoms with van der Waals surface area (Å²) in [5, 5.41) is 9.12. The first-order valence-corrected chi connectivity index (χ1v) is 3.15. The smallest absolute Gasteiger partial charge is 0.231 e. The van der Waals surface area contributed by atoms with Crippen molar-refractivity contribution in [3.63, 3.8) is 0 Å². The van der Waals surface area contributed by atoms with E-state index in [1.807, 2.05) is 0 Å². The number of nitrogen functional groups attached to an aromatic ring is 1. The molecule has 0 spiro atoms. The molecule has 0 aliphatic carbocycles. The first-order chi connectivity index (χ1) is 5.27. The topological polar surface area (TPSA) is 64.7 Å². The number of nitrogens with two attached hydrogens (primary N) is 1. The number of benzene rings is 1. The highest BCUT2D eigenvalue weighted by atomic mass is 35.5. The van der Waals surface area contributed by atoms with Gasteiger partial charge in [0.15, 0.2) is 11.5 Å². The van der Waals surface area contributed by atoms with Gasteiger partial charge in [0.2, 0.25) is 6.79 Å². The van der Waals surface area contributed by atoms with Crippen molar-refractivity contribution in [3.05, 3.63) is 12.1 Å². The Morgan fingerprint density at radius 1 is 1.25 bits per heavy atom. The lowest BCUT2D eigenvalue weighted by Gasteiger charge is -1.99. The first kappa shape index (κ1) is 8.80. The summed E-state index contributed by atoms with van der Waals surface area (Å²) >= 11 is 0. The zero-order chi connectivity index (χ0) is 7.84. The van der Waals surface area contributed by atoms with E-state index in [9.17, 15) is 0 Å². The number of anilines is 1. The second-order valence-electron chi connectivity index (χ2n) is 2.26. The van der Waals surface area contributed by atoms with E-state index in [-0.39, 0.29) is 24.9 Å². The van der Waals surface area contributed by atoms with Gasteiger partial charge in [0.05, 0.1) is 5.69 Å². The number of aromatic hydroxyl groups is 1. The highest BCUT2D eigenvalue weighted by Gasteiger charge is 2.15. The quantitative estimate of drug-likeness (QED) is 0.474. The van der Waals surface area contributed by atoms with Crippen LogP contribution < -0.4 is 15.2 Å². The van der Waals surface area contributed by atoms with Crippen LogP contribution in [0.3, 0.4) is 0 Å². The van der Waals surface area contributed by atoms with Gasteiger partial charge in [-0.25, -0.2) is 0 Å². The van der Waals surface area contributed by atoms with Crippen molar-refractivity contribution >= 4 is 18.1 Å². The fourth-order valence-corrected chi connectivity index (χ4v) is 0.947. The predicted molar refractivity (Wildman–Crippen MR) is 45.9 cm³/mol. The predicted octanol–water partition coefficient (Wildman–Crippen LogP) is 1.12. The molecule has 0 saturated carbocycles. The Kier molecular flexibility index (Phi) is 2.19. The molecule has 12 heavy (non-hydrogen) atoms. The fraction of sp³-hybridized carbons (Fsp3) is 0.143. The Morgan fingerprint density at radius 3 is 2.50 bits per heavy atom. The van der Waals surface area contributed by atoms with Crippen LogP contribution in [0.25, 0.3) is 0 Å². The third kappa shape index (κ3) is 1.21. The molecule has 2 rings (SSSR count). The van der Waals surface area contributed by atoms with Crippen LogP contribution in [0, 0.1) is 0 Å². The Morgan fingerprint density at radius 2 is 1.83 bits per heavy atom. The number of ether oxygens (including phenoxy) is 2. The van der Waals surface area contributed by atoms with Crippen molar-refractivity contribution in [1.29, 1.82) is 0 Å². The van der Waals surface area contributed by atoms with Crippen molar-refractivity contribution < 1.29 is 14.6 Å². The highest BCUT2D eigenvalue weighted by Crippen LogP contribution is 2.38. The lowest BCUT2D eigenvalue weighted by Crippen LogP contribution is -1.92. The summed E-state index contributed by atoms with van der Waals surface area (Å²) in [6, 6.07) is 2.98. The zero-order valence-corrected chi connectivity index (χ0v) is 6.93. The summed E-state index contributed by atoms with van der Waals surface area (Å²) in [5.74, 6) is 1.14. The molecule has 0 fully saturated rings. The van der Waals surface area contributed by atoms with E-state index in [4.69, 9.17) is 20.3 Å². The van der Waals surface area contributed by atoms with Gasteiger partial charge in [0.25, 0.3) is 0 Å². The molecule has 4 nitrogen and oxygen atoms in total. The number of halogens is 1. The van der Waals surface area contributed by atoms with Crippen LogP contribution in [0.1, 0.15) is 0 Å². The van der Waals surface area contributed by atoms with Gasteiger partial charge in [-0.15, -0.1) is 12.4 Å². The van der Waals surface area contributed by atoms with Crippen molar-refractivity contribution in [1.82, 2.24) is 0 Å². The molecule has 0 bridgehead atoms. The van der Waals surface area contributed by atoms with Gasteiger partial charge in [-0.3, -0.25) is 0 Å². The van der Waals surface area contributed by atoms with Crippen molar-refractivity contribution in [3.8, 4) is 17.2 Å². The number of hydrogen-bond donors (Lipinski definition) is 2. The summed E-state index contributed by atoms with van der Waals surface area (Å²) < 4.78 is 10.0. The van der Waals surface area contributed by atoms with E-state index < -0.39 is 0 Å². The van der Waals surface area contributed by atoms with E-state index in [2.05, 4.69) is 0 Å². The molecule has 0 saturated heterocycles. The Labute approximate surface area is 75.3 Å². The molecule has 5 heteroatoms. The molecule has 1 aromatic carbocycles. The van der Waals surface area contributed by atoms with Crippen LogP contribution in [0.5, 0.6) is 17.2 Å². The molecule has 0 atom stereocenters. The van der Waals surface area contributed by atoms with Crippen LogP contribution in [-0.2, 0) is 0 Å². The maximum absolute atomic E-state index is 9.12. The standard InChI is InChI=1S/C7H7NO3.ClH/c8-4-1-6-7(2-5(4)9)11-3-10-6;/h1-2,9H,3,8H2;1H. The van der Waals surface area contributed by atoms with Gasteiger partial charge < -0.3 is 20.3 Å². The normalized spacial score (nSPS) is 12.3. The third-order valence-electron chi connectivity index (χ3n) is 1.52. The summed E-state index contributed by atoms with van der Waals surface area (Å²) in [6.45, 7) is 0.193. The minimum absolute atomic E-state index is 0. The van der Waals surface area contributed by atoms with Gasteiger partial charge in [-0.2, -0.15) is 0 Å². The van der Waals surface area contributed by atoms with E-state index >= 15 is 0 Å². The largest absolute Gasteiger partial charge is 0.506 e. The molecular weight excluding hydrogens is 182 g/mol. The van der Waals surface area contributed by atoms with E-state index in [1.54, 1.807) is 0 Å². The van der Waals surface area contributed by atoms with Gasteiger partial charge >= 0.3 is 0 Å². The van der Waals surface area contributed by atoms with Gasteiger partial charge in [0.1, 0.15) is 5.75 Å². The molecule has 1 aliphatic heterocycles. The minimum Gasteiger partial charge on any atom is -0.506 e. The van der Waals surface area contributed by atoms with Crippen molar-refractivity contribution in [2.75, 3.05) is 12.5 Å². The van der Waals surface area contributed by atoms with Crippen LogP contribution >= 0.6 is 12.4 Å². The van der Waals surface area contributed by atoms with Gasteiger partial charge in [-0.1, -0.05) is 0 Å². The number of phenols is 1. The maximum Gasteiger partial charge on any atom is 0.231 e. The lowest BCUT2D eigenvalue weighted by atomic mass is 10.2. The molecule has 3 N–H and O–H groups in total. The number of fused-ring (bicyclic) bond motifs is 1. The summed E-state index contributed by atoms with van der Waals surface area (Å²) in [4.78, 5) is 0. The first-order valence-electron chi connectivity index (χ1n) is 3.15. The second-order valence-corrected chi connectivity index (χ2v) is 2.26. The molecule has 1 aromatic rings. The Hall–Kier alpha value is -1.29. The minimum atomic E-state index is 0. The summed E-state index contributed by atoms with van der Waals surface area (Å²) in [7, 11) is 0. The second kappa shape index (κ2) is 2.98. The van der Waals surface area contributed by atoms with Crippen LogP contribution in [0.15, 0.2) is 12.1 Å². The highest BCUT2D eigenvalue weighted by molar-refractivity contribution is 5.85. The van der Waals surface area contributed by atoms with Crippen LogP contribution in [-0.4, -0.2) is 11.9 Å². The number of hydrogen-bond acceptors (Lipinski definition) is 4. The monoisotopic (exact) mass is 189 g/mol. The Bertz CT molecular complexity index is 274. The molecule has 0 radical (unpaired) electrons.